The molecule has 0 saturated heterocycles. The Kier molecular flexibility index (Phi) is 4.59. The smallest absolute Gasteiger partial charge is 0.257 e. The van der Waals surface area contributed by atoms with Gasteiger partial charge < -0.3 is 10.4 Å². The first kappa shape index (κ1) is 14.6. The Hall–Kier alpha value is -2.78. The Balaban J connectivity index is 2.18. The lowest BCUT2D eigenvalue weighted by Gasteiger charge is -2.06. The standard InChI is InChI=1S/C15H10F2N2O2/c16-12-7-11(8-18-9-12)15(21)19-14-4-3-10(2-1-5-20)6-13(14)17/h3-4,6-9,20H,5H2,(H,19,21). The highest BCUT2D eigenvalue weighted by Gasteiger charge is 2.10. The molecule has 21 heavy (non-hydrogen) atoms. The predicted molar refractivity (Wildman–Crippen MR) is 72.5 cm³/mol. The molecule has 0 radical (unpaired) electrons. The van der Waals surface area contributed by atoms with Crippen molar-refractivity contribution in [3.05, 3.63) is 59.4 Å². The lowest BCUT2D eigenvalue weighted by molar-refractivity contribution is 0.102. The van der Waals surface area contributed by atoms with E-state index in [4.69, 9.17) is 5.11 Å². The number of aromatic nitrogens is 1. The summed E-state index contributed by atoms with van der Waals surface area (Å²) < 4.78 is 26.8. The van der Waals surface area contributed by atoms with E-state index in [1.807, 2.05) is 0 Å². The van der Waals surface area contributed by atoms with Crippen molar-refractivity contribution in [2.75, 3.05) is 11.9 Å². The van der Waals surface area contributed by atoms with E-state index >= 15 is 0 Å². The monoisotopic (exact) mass is 288 g/mol. The number of anilines is 1. The van der Waals surface area contributed by atoms with Crippen molar-refractivity contribution in [3.63, 3.8) is 0 Å². The number of aliphatic hydroxyl groups excluding tert-OH is 1. The SMILES string of the molecule is O=C(Nc1ccc(C#CCO)cc1F)c1cncc(F)c1. The molecule has 1 heterocycles. The molecule has 1 amide bonds. The molecule has 2 N–H and O–H groups in total. The number of rotatable bonds is 2. The summed E-state index contributed by atoms with van der Waals surface area (Å²) in [7, 11) is 0. The minimum absolute atomic E-state index is 0.0152. The van der Waals surface area contributed by atoms with E-state index in [2.05, 4.69) is 22.1 Å². The fourth-order valence-corrected chi connectivity index (χ4v) is 1.57. The van der Waals surface area contributed by atoms with Crippen LogP contribution in [0.4, 0.5) is 14.5 Å². The van der Waals surface area contributed by atoms with Crippen LogP contribution in [0.1, 0.15) is 15.9 Å². The summed E-state index contributed by atoms with van der Waals surface area (Å²) in [6, 6.07) is 4.95. The Morgan fingerprint density at radius 2 is 2.10 bits per heavy atom. The number of carbonyl (C=O) groups is 1. The third kappa shape index (κ3) is 3.84. The van der Waals surface area contributed by atoms with Gasteiger partial charge in [-0.3, -0.25) is 9.78 Å². The van der Waals surface area contributed by atoms with Crippen LogP contribution in [0.15, 0.2) is 36.7 Å². The van der Waals surface area contributed by atoms with Gasteiger partial charge in [0.2, 0.25) is 0 Å². The van der Waals surface area contributed by atoms with E-state index in [0.29, 0.717) is 5.56 Å². The van der Waals surface area contributed by atoms with Crippen LogP contribution < -0.4 is 5.32 Å². The number of hydrogen-bond acceptors (Lipinski definition) is 3. The van der Waals surface area contributed by atoms with Gasteiger partial charge in [-0.15, -0.1) is 0 Å². The summed E-state index contributed by atoms with van der Waals surface area (Å²) in [5.74, 6) is 2.92. The number of amides is 1. The highest BCUT2D eigenvalue weighted by atomic mass is 19.1. The largest absolute Gasteiger partial charge is 0.384 e. The maximum Gasteiger partial charge on any atom is 0.257 e. The van der Waals surface area contributed by atoms with Gasteiger partial charge in [-0.2, -0.15) is 0 Å². The number of pyridine rings is 1. The van der Waals surface area contributed by atoms with Gasteiger partial charge in [-0.25, -0.2) is 8.78 Å². The van der Waals surface area contributed by atoms with Gasteiger partial charge >= 0.3 is 0 Å². The van der Waals surface area contributed by atoms with E-state index in [1.165, 1.54) is 18.3 Å². The second kappa shape index (κ2) is 6.59. The number of hydrogen-bond donors (Lipinski definition) is 2. The van der Waals surface area contributed by atoms with Crippen LogP contribution in [0.25, 0.3) is 0 Å². The summed E-state index contributed by atoms with van der Waals surface area (Å²) in [6.45, 7) is -0.327. The Morgan fingerprint density at radius 3 is 2.76 bits per heavy atom. The molecule has 6 heteroatoms. The van der Waals surface area contributed by atoms with Crippen LogP contribution in [-0.4, -0.2) is 22.6 Å². The molecule has 0 aliphatic heterocycles. The van der Waals surface area contributed by atoms with Gasteiger partial charge in [-0.05, 0) is 24.3 Å². The number of benzene rings is 1. The summed E-state index contributed by atoms with van der Waals surface area (Å²) in [5.41, 5.74) is 0.296. The molecule has 2 aromatic rings. The summed E-state index contributed by atoms with van der Waals surface area (Å²) in [5, 5.41) is 10.9. The molecule has 2 rings (SSSR count). The van der Waals surface area contributed by atoms with Crippen LogP contribution >= 0.6 is 0 Å². The van der Waals surface area contributed by atoms with Gasteiger partial charge in [0, 0.05) is 11.8 Å². The van der Waals surface area contributed by atoms with Gasteiger partial charge in [0.1, 0.15) is 18.2 Å². The van der Waals surface area contributed by atoms with Crippen LogP contribution in [-0.2, 0) is 0 Å². The zero-order valence-electron chi connectivity index (χ0n) is 10.7. The molecule has 0 aliphatic rings. The normalized spacial score (nSPS) is 9.67. The van der Waals surface area contributed by atoms with E-state index in [1.54, 1.807) is 0 Å². The van der Waals surface area contributed by atoms with E-state index in [-0.39, 0.29) is 17.9 Å². The number of nitrogens with one attached hydrogen (secondary N) is 1. The van der Waals surface area contributed by atoms with E-state index in [0.717, 1.165) is 18.3 Å². The topological polar surface area (TPSA) is 62.2 Å². The highest BCUT2D eigenvalue weighted by Crippen LogP contribution is 2.16. The molecule has 0 unspecified atom stereocenters. The molecule has 0 bridgehead atoms. The van der Waals surface area contributed by atoms with Crippen LogP contribution in [0.3, 0.4) is 0 Å². The van der Waals surface area contributed by atoms with Crippen molar-refractivity contribution < 1.29 is 18.7 Å². The van der Waals surface area contributed by atoms with Gasteiger partial charge in [0.15, 0.2) is 0 Å². The quantitative estimate of drug-likeness (QED) is 0.830. The molecule has 0 fully saturated rings. The third-order valence-corrected chi connectivity index (χ3v) is 2.50. The minimum atomic E-state index is -0.683. The number of carbonyl (C=O) groups excluding carboxylic acids is 1. The van der Waals surface area contributed by atoms with E-state index < -0.39 is 17.5 Å². The molecule has 0 aliphatic carbocycles. The molecule has 0 atom stereocenters. The first-order chi connectivity index (χ1) is 10.1. The fraction of sp³-hybridized carbons (Fsp3) is 0.0667. The fourth-order valence-electron chi connectivity index (χ4n) is 1.57. The van der Waals surface area contributed by atoms with Gasteiger partial charge in [0.25, 0.3) is 5.91 Å². The molecule has 1 aromatic heterocycles. The van der Waals surface area contributed by atoms with Crippen molar-refractivity contribution in [1.29, 1.82) is 0 Å². The number of nitrogens with zero attached hydrogens (tertiary/aromatic N) is 1. The molecule has 0 saturated carbocycles. The average molecular weight is 288 g/mol. The molecular formula is C15H10F2N2O2. The maximum atomic E-state index is 13.8. The van der Waals surface area contributed by atoms with Crippen molar-refractivity contribution in [2.24, 2.45) is 0 Å². The van der Waals surface area contributed by atoms with Gasteiger partial charge in [0.05, 0.1) is 17.4 Å². The molecule has 0 spiro atoms. The van der Waals surface area contributed by atoms with Crippen LogP contribution in [0, 0.1) is 23.5 Å². The molecule has 1 aromatic carbocycles. The van der Waals surface area contributed by atoms with Crippen LogP contribution in [0.5, 0.6) is 0 Å². The highest BCUT2D eigenvalue weighted by molar-refractivity contribution is 6.04. The Morgan fingerprint density at radius 1 is 1.29 bits per heavy atom. The Bertz CT molecular complexity index is 736. The Labute approximate surface area is 119 Å². The van der Waals surface area contributed by atoms with Crippen molar-refractivity contribution in [1.82, 2.24) is 4.98 Å². The number of halogens is 2. The average Bonchev–Trinajstić information content (AvgIpc) is 2.47. The third-order valence-electron chi connectivity index (χ3n) is 2.50. The zero-order chi connectivity index (χ0) is 15.2. The van der Waals surface area contributed by atoms with Crippen molar-refractivity contribution in [3.8, 4) is 11.8 Å². The first-order valence-electron chi connectivity index (χ1n) is 5.91. The zero-order valence-corrected chi connectivity index (χ0v) is 10.7. The molecular weight excluding hydrogens is 278 g/mol. The lowest BCUT2D eigenvalue weighted by atomic mass is 10.2. The van der Waals surface area contributed by atoms with Crippen molar-refractivity contribution >= 4 is 11.6 Å². The second-order valence-electron chi connectivity index (χ2n) is 4.00. The lowest BCUT2D eigenvalue weighted by Crippen LogP contribution is -2.13. The van der Waals surface area contributed by atoms with E-state index in [9.17, 15) is 13.6 Å². The maximum absolute atomic E-state index is 13.8. The van der Waals surface area contributed by atoms with Gasteiger partial charge in [-0.1, -0.05) is 11.8 Å². The van der Waals surface area contributed by atoms with Crippen molar-refractivity contribution in [2.45, 2.75) is 0 Å². The van der Waals surface area contributed by atoms with Crippen LogP contribution in [0.2, 0.25) is 0 Å². The minimum Gasteiger partial charge on any atom is -0.384 e. The summed E-state index contributed by atoms with van der Waals surface area (Å²) in [4.78, 5) is 15.4. The first-order valence-corrected chi connectivity index (χ1v) is 5.91. The summed E-state index contributed by atoms with van der Waals surface area (Å²) >= 11 is 0. The second-order valence-corrected chi connectivity index (χ2v) is 4.00. The number of aliphatic hydroxyl groups is 1. The predicted octanol–water partition coefficient (Wildman–Crippen LogP) is 1.96. The summed E-state index contributed by atoms with van der Waals surface area (Å²) in [6.07, 6.45) is 2.14. The molecule has 106 valence electrons. The molecule has 4 nitrogen and oxygen atoms in total.